The summed E-state index contributed by atoms with van der Waals surface area (Å²) in [7, 11) is 1.58. The van der Waals surface area contributed by atoms with Crippen molar-refractivity contribution in [1.82, 2.24) is 0 Å². The standard InChI is InChI=1S/C19H18O6/c1-22-15-5-2-13(3-6-15)10-19(21)25-12-16(20)14-4-7-17-18(11-14)24-9-8-23-17/h2-7,11H,8-10,12H2,1H3. The summed E-state index contributed by atoms with van der Waals surface area (Å²) in [6.07, 6.45) is 0.0956. The highest BCUT2D eigenvalue weighted by Gasteiger charge is 2.16. The summed E-state index contributed by atoms with van der Waals surface area (Å²) in [6.45, 7) is 0.624. The zero-order valence-electron chi connectivity index (χ0n) is 13.8. The largest absolute Gasteiger partial charge is 0.497 e. The molecule has 3 rings (SSSR count). The molecule has 0 aliphatic carbocycles. The Balaban J connectivity index is 1.53. The second-order valence-electron chi connectivity index (χ2n) is 5.47. The van der Waals surface area contributed by atoms with Gasteiger partial charge >= 0.3 is 5.97 Å². The molecule has 2 aromatic rings. The molecule has 1 aliphatic heterocycles. The number of carbonyl (C=O) groups excluding carboxylic acids is 2. The second-order valence-corrected chi connectivity index (χ2v) is 5.47. The molecule has 0 atom stereocenters. The van der Waals surface area contributed by atoms with E-state index in [0.29, 0.717) is 36.0 Å². The third-order valence-corrected chi connectivity index (χ3v) is 3.74. The zero-order valence-corrected chi connectivity index (χ0v) is 13.8. The molecule has 130 valence electrons. The summed E-state index contributed by atoms with van der Waals surface area (Å²) in [4.78, 5) is 24.1. The molecule has 0 amide bonds. The number of esters is 1. The number of hydrogen-bond acceptors (Lipinski definition) is 6. The van der Waals surface area contributed by atoms with E-state index in [-0.39, 0.29) is 18.8 Å². The van der Waals surface area contributed by atoms with Crippen LogP contribution in [0, 0.1) is 0 Å². The highest BCUT2D eigenvalue weighted by molar-refractivity contribution is 5.98. The number of methoxy groups -OCH3 is 1. The van der Waals surface area contributed by atoms with Crippen molar-refractivity contribution in [2.45, 2.75) is 6.42 Å². The third-order valence-electron chi connectivity index (χ3n) is 3.74. The normalized spacial score (nSPS) is 12.4. The maximum Gasteiger partial charge on any atom is 0.310 e. The van der Waals surface area contributed by atoms with Crippen LogP contribution in [-0.4, -0.2) is 38.7 Å². The zero-order chi connectivity index (χ0) is 17.6. The number of benzene rings is 2. The fraction of sp³-hybridized carbons (Fsp3) is 0.263. The van der Waals surface area contributed by atoms with Crippen molar-refractivity contribution >= 4 is 11.8 Å². The van der Waals surface area contributed by atoms with Crippen LogP contribution in [0.2, 0.25) is 0 Å². The van der Waals surface area contributed by atoms with Crippen molar-refractivity contribution in [1.29, 1.82) is 0 Å². The van der Waals surface area contributed by atoms with Crippen molar-refractivity contribution in [2.24, 2.45) is 0 Å². The fourth-order valence-electron chi connectivity index (χ4n) is 2.41. The van der Waals surface area contributed by atoms with E-state index in [2.05, 4.69) is 0 Å². The van der Waals surface area contributed by atoms with Crippen molar-refractivity contribution in [3.63, 3.8) is 0 Å². The Hall–Kier alpha value is -3.02. The predicted molar refractivity (Wildman–Crippen MR) is 89.4 cm³/mol. The molecule has 0 bridgehead atoms. The molecule has 1 heterocycles. The minimum atomic E-state index is -0.462. The highest BCUT2D eigenvalue weighted by Crippen LogP contribution is 2.30. The Kier molecular flexibility index (Phi) is 5.18. The molecule has 6 nitrogen and oxygen atoms in total. The highest BCUT2D eigenvalue weighted by atomic mass is 16.6. The summed E-state index contributed by atoms with van der Waals surface area (Å²) in [5.41, 5.74) is 1.21. The van der Waals surface area contributed by atoms with E-state index in [0.717, 1.165) is 5.56 Å². The molecular formula is C19H18O6. The summed E-state index contributed by atoms with van der Waals surface area (Å²) >= 11 is 0. The number of ether oxygens (including phenoxy) is 4. The predicted octanol–water partition coefficient (Wildman–Crippen LogP) is 2.44. The van der Waals surface area contributed by atoms with E-state index >= 15 is 0 Å². The van der Waals surface area contributed by atoms with Gasteiger partial charge in [0.1, 0.15) is 19.0 Å². The molecule has 0 aromatic heterocycles. The van der Waals surface area contributed by atoms with E-state index in [1.54, 1.807) is 49.6 Å². The van der Waals surface area contributed by atoms with Crippen molar-refractivity contribution in [3.8, 4) is 17.2 Å². The molecule has 0 unspecified atom stereocenters. The molecule has 1 aliphatic rings. The molecule has 0 saturated heterocycles. The molecule has 0 saturated carbocycles. The smallest absolute Gasteiger partial charge is 0.310 e. The molecular weight excluding hydrogens is 324 g/mol. The maximum atomic E-state index is 12.2. The lowest BCUT2D eigenvalue weighted by atomic mass is 10.1. The van der Waals surface area contributed by atoms with Gasteiger partial charge in [-0.1, -0.05) is 12.1 Å². The van der Waals surface area contributed by atoms with Gasteiger partial charge in [-0.05, 0) is 35.9 Å². The maximum absolute atomic E-state index is 12.2. The van der Waals surface area contributed by atoms with E-state index in [1.165, 1.54) is 0 Å². The van der Waals surface area contributed by atoms with Gasteiger partial charge in [-0.15, -0.1) is 0 Å². The molecule has 0 N–H and O–H groups in total. The Morgan fingerprint density at radius 1 is 1.00 bits per heavy atom. The SMILES string of the molecule is COc1ccc(CC(=O)OCC(=O)c2ccc3c(c2)OCCO3)cc1. The molecule has 0 spiro atoms. The first-order valence-corrected chi connectivity index (χ1v) is 7.87. The van der Waals surface area contributed by atoms with Crippen molar-refractivity contribution in [3.05, 3.63) is 53.6 Å². The van der Waals surface area contributed by atoms with E-state index in [1.807, 2.05) is 0 Å². The molecule has 0 radical (unpaired) electrons. The van der Waals surface area contributed by atoms with Gasteiger partial charge in [0, 0.05) is 5.56 Å². The lowest BCUT2D eigenvalue weighted by Crippen LogP contribution is -2.18. The Morgan fingerprint density at radius 2 is 1.72 bits per heavy atom. The van der Waals surface area contributed by atoms with Gasteiger partial charge in [0.2, 0.25) is 0 Å². The number of ketones is 1. The van der Waals surface area contributed by atoms with Crippen LogP contribution in [0.25, 0.3) is 0 Å². The Labute approximate surface area is 145 Å². The van der Waals surface area contributed by atoms with Crippen LogP contribution >= 0.6 is 0 Å². The van der Waals surface area contributed by atoms with Crippen LogP contribution in [0.5, 0.6) is 17.2 Å². The molecule has 6 heteroatoms. The third kappa shape index (κ3) is 4.29. The Morgan fingerprint density at radius 3 is 2.44 bits per heavy atom. The van der Waals surface area contributed by atoms with Crippen LogP contribution in [0.4, 0.5) is 0 Å². The van der Waals surface area contributed by atoms with Gasteiger partial charge in [-0.25, -0.2) is 0 Å². The summed E-state index contributed by atoms with van der Waals surface area (Å²) in [5.74, 6) is 1.10. The van der Waals surface area contributed by atoms with Crippen LogP contribution in [0.3, 0.4) is 0 Å². The quantitative estimate of drug-likeness (QED) is 0.593. The monoisotopic (exact) mass is 342 g/mol. The lowest BCUT2D eigenvalue weighted by Gasteiger charge is -2.18. The first kappa shape index (κ1) is 16.8. The van der Waals surface area contributed by atoms with Crippen molar-refractivity contribution < 1.29 is 28.5 Å². The average molecular weight is 342 g/mol. The number of Topliss-reactive ketones (excluding diaryl/α,β-unsaturated/α-hetero) is 1. The topological polar surface area (TPSA) is 71.1 Å². The minimum absolute atomic E-state index is 0.0956. The second kappa shape index (κ2) is 7.70. The fourth-order valence-corrected chi connectivity index (χ4v) is 2.41. The summed E-state index contributed by atoms with van der Waals surface area (Å²) in [6, 6.07) is 12.0. The van der Waals surface area contributed by atoms with Gasteiger partial charge in [0.25, 0.3) is 0 Å². The van der Waals surface area contributed by atoms with E-state index < -0.39 is 5.97 Å². The van der Waals surface area contributed by atoms with Gasteiger partial charge in [0.05, 0.1) is 13.5 Å². The van der Waals surface area contributed by atoms with Gasteiger partial charge in [0.15, 0.2) is 23.9 Å². The lowest BCUT2D eigenvalue weighted by molar-refractivity contribution is -0.141. The molecule has 2 aromatic carbocycles. The van der Waals surface area contributed by atoms with Crippen LogP contribution < -0.4 is 14.2 Å². The van der Waals surface area contributed by atoms with E-state index in [9.17, 15) is 9.59 Å². The van der Waals surface area contributed by atoms with Crippen molar-refractivity contribution in [2.75, 3.05) is 26.9 Å². The minimum Gasteiger partial charge on any atom is -0.497 e. The summed E-state index contributed by atoms with van der Waals surface area (Å²) < 4.78 is 21.0. The number of hydrogen-bond donors (Lipinski definition) is 0. The number of rotatable bonds is 6. The van der Waals surface area contributed by atoms with Gasteiger partial charge in [-0.3, -0.25) is 9.59 Å². The van der Waals surface area contributed by atoms with Gasteiger partial charge in [-0.2, -0.15) is 0 Å². The molecule has 0 fully saturated rings. The first-order chi connectivity index (χ1) is 12.2. The molecule has 25 heavy (non-hydrogen) atoms. The average Bonchev–Trinajstić information content (AvgIpc) is 2.66. The Bertz CT molecular complexity index is 766. The van der Waals surface area contributed by atoms with Crippen LogP contribution in [0.15, 0.2) is 42.5 Å². The van der Waals surface area contributed by atoms with Gasteiger partial charge < -0.3 is 18.9 Å². The van der Waals surface area contributed by atoms with E-state index in [4.69, 9.17) is 18.9 Å². The summed E-state index contributed by atoms with van der Waals surface area (Å²) in [5, 5.41) is 0. The van der Waals surface area contributed by atoms with Crippen LogP contribution in [-0.2, 0) is 16.0 Å². The number of fused-ring (bicyclic) bond motifs is 1. The van der Waals surface area contributed by atoms with Crippen LogP contribution in [0.1, 0.15) is 15.9 Å². The number of carbonyl (C=O) groups is 2. The first-order valence-electron chi connectivity index (χ1n) is 7.87.